The van der Waals surface area contributed by atoms with Gasteiger partial charge in [-0.15, -0.1) is 0 Å². The van der Waals surface area contributed by atoms with Crippen molar-refractivity contribution in [3.63, 3.8) is 0 Å². The molecule has 5 aliphatic rings. The molecule has 66 heavy (non-hydrogen) atoms. The number of nitrogens with one attached hydrogen (secondary N) is 3. The summed E-state index contributed by atoms with van der Waals surface area (Å²) in [4.78, 5) is 62.8. The molecular formula is C53H67N7O6. The van der Waals surface area contributed by atoms with E-state index in [1.807, 2.05) is 24.9 Å². The standard InChI is InChI=1S/C53H67N7O6/c1-30(2)46(58-52(63)64-6)51(62)60-43-11-8-7-10-38(43)25-44(60)49-55-41-19-17-37-24-36(16-18-40(37)47(41)57-49)34-12-14-35(15-13-34)42-27-54-48(56-42)45-26-53(20-9-21-65-29-53)28-59(45)50(61)33(5)39-22-31(3)66-32(4)23-39/h12-19,24,27,30-33,38-39,43-46H,7-11,20-23,25-26,28-29H2,1-6H3,(H,54,56)(H,55,57)(H,58,63)/t31-,32-,33-,38-,43-,44-,45-,46-,53-/m0/s1. The highest BCUT2D eigenvalue weighted by Gasteiger charge is 2.51. The fourth-order valence-corrected chi connectivity index (χ4v) is 12.6. The maximum Gasteiger partial charge on any atom is 0.407 e. The number of imidazole rings is 2. The van der Waals surface area contributed by atoms with Gasteiger partial charge in [0, 0.05) is 35.9 Å². The Morgan fingerprint density at radius 1 is 0.864 bits per heavy atom. The van der Waals surface area contributed by atoms with Crippen LogP contribution < -0.4 is 5.32 Å². The fraction of sp³-hybridized carbons (Fsp3) is 0.566. The minimum Gasteiger partial charge on any atom is -0.453 e. The van der Waals surface area contributed by atoms with Crippen LogP contribution in [0.1, 0.15) is 123 Å². The molecule has 13 nitrogen and oxygen atoms in total. The zero-order valence-electron chi connectivity index (χ0n) is 39.5. The smallest absolute Gasteiger partial charge is 0.407 e. The van der Waals surface area contributed by atoms with E-state index in [0.29, 0.717) is 25.0 Å². The number of carbonyl (C=O) groups excluding carboxylic acids is 3. The average Bonchev–Trinajstić information content (AvgIpc) is 4.14. The number of fused-ring (bicyclic) bond motifs is 4. The van der Waals surface area contributed by atoms with Crippen LogP contribution in [0.3, 0.4) is 0 Å². The number of nitrogens with zero attached hydrogens (tertiary/aromatic N) is 4. The summed E-state index contributed by atoms with van der Waals surface area (Å²) in [6.45, 7) is 12.5. The van der Waals surface area contributed by atoms with Crippen LogP contribution in [0, 0.1) is 29.1 Å². The molecule has 1 saturated carbocycles. The number of amides is 3. The van der Waals surface area contributed by atoms with Crippen molar-refractivity contribution in [2.45, 2.75) is 135 Å². The number of aromatic nitrogens is 4. The summed E-state index contributed by atoms with van der Waals surface area (Å²) in [7, 11) is 1.33. The Kier molecular flexibility index (Phi) is 12.2. The van der Waals surface area contributed by atoms with Gasteiger partial charge >= 0.3 is 6.09 Å². The minimum absolute atomic E-state index is 0.0480. The molecule has 4 aliphatic heterocycles. The van der Waals surface area contributed by atoms with E-state index in [2.05, 4.69) is 95.6 Å². The first-order chi connectivity index (χ1) is 31.9. The van der Waals surface area contributed by atoms with Crippen molar-refractivity contribution < 1.29 is 28.6 Å². The largest absolute Gasteiger partial charge is 0.453 e. The van der Waals surface area contributed by atoms with Gasteiger partial charge in [0.1, 0.15) is 17.7 Å². The molecule has 13 heteroatoms. The zero-order chi connectivity index (χ0) is 45.9. The first kappa shape index (κ1) is 44.6. The first-order valence-corrected chi connectivity index (χ1v) is 24.7. The molecule has 0 unspecified atom stereocenters. The monoisotopic (exact) mass is 898 g/mol. The number of benzene rings is 3. The van der Waals surface area contributed by atoms with Crippen molar-refractivity contribution in [2.24, 2.45) is 29.1 Å². The Labute approximate surface area is 388 Å². The van der Waals surface area contributed by atoms with E-state index in [4.69, 9.17) is 24.2 Å². The number of likely N-dealkylation sites (tertiary alicyclic amines) is 2. The Balaban J connectivity index is 0.879. The van der Waals surface area contributed by atoms with Crippen LogP contribution in [0.15, 0.2) is 60.8 Å². The van der Waals surface area contributed by atoms with Gasteiger partial charge in [-0.3, -0.25) is 9.59 Å². The van der Waals surface area contributed by atoms with Gasteiger partial charge in [0.25, 0.3) is 0 Å². The van der Waals surface area contributed by atoms with Gasteiger partial charge in [0.15, 0.2) is 0 Å². The zero-order valence-corrected chi connectivity index (χ0v) is 39.5. The lowest BCUT2D eigenvalue weighted by atomic mass is 9.80. The molecule has 1 aliphatic carbocycles. The summed E-state index contributed by atoms with van der Waals surface area (Å²) >= 11 is 0. The minimum atomic E-state index is -0.690. The second-order valence-electron chi connectivity index (χ2n) is 20.9. The lowest BCUT2D eigenvalue weighted by Gasteiger charge is -2.37. The van der Waals surface area contributed by atoms with E-state index >= 15 is 0 Å². The fourth-order valence-electron chi connectivity index (χ4n) is 12.6. The molecule has 350 valence electrons. The third-order valence-electron chi connectivity index (χ3n) is 16.0. The van der Waals surface area contributed by atoms with Crippen molar-refractivity contribution in [1.29, 1.82) is 0 Å². The number of hydrogen-bond acceptors (Lipinski definition) is 8. The third kappa shape index (κ3) is 8.39. The maximum atomic E-state index is 14.4. The number of rotatable bonds is 9. The van der Waals surface area contributed by atoms with E-state index in [0.717, 1.165) is 120 Å². The molecule has 6 heterocycles. The van der Waals surface area contributed by atoms with Gasteiger partial charge in [0.05, 0.1) is 60.9 Å². The van der Waals surface area contributed by atoms with Crippen LogP contribution in [0.5, 0.6) is 0 Å². The molecule has 3 aromatic carbocycles. The predicted octanol–water partition coefficient (Wildman–Crippen LogP) is 9.90. The molecule has 5 fully saturated rings. The van der Waals surface area contributed by atoms with Gasteiger partial charge in [-0.1, -0.05) is 76.1 Å². The van der Waals surface area contributed by atoms with Gasteiger partial charge in [-0.25, -0.2) is 14.8 Å². The number of ether oxygens (including phenoxy) is 3. The third-order valence-corrected chi connectivity index (χ3v) is 16.0. The van der Waals surface area contributed by atoms with Crippen LogP contribution in [0.4, 0.5) is 4.79 Å². The van der Waals surface area contributed by atoms with Gasteiger partial charge in [-0.2, -0.15) is 0 Å². The Morgan fingerprint density at radius 2 is 1.62 bits per heavy atom. The summed E-state index contributed by atoms with van der Waals surface area (Å²) in [5.41, 5.74) is 5.96. The van der Waals surface area contributed by atoms with Gasteiger partial charge in [-0.05, 0) is 117 Å². The lowest BCUT2D eigenvalue weighted by molar-refractivity contribution is -0.142. The number of methoxy groups -OCH3 is 1. The Hall–Kier alpha value is -5.27. The Morgan fingerprint density at radius 3 is 2.36 bits per heavy atom. The van der Waals surface area contributed by atoms with Gasteiger partial charge in [0.2, 0.25) is 11.8 Å². The predicted molar refractivity (Wildman–Crippen MR) is 254 cm³/mol. The Bertz CT molecular complexity index is 2570. The summed E-state index contributed by atoms with van der Waals surface area (Å²) < 4.78 is 17.0. The molecule has 9 atom stereocenters. The summed E-state index contributed by atoms with van der Waals surface area (Å²) in [5.74, 6) is 2.28. The van der Waals surface area contributed by atoms with Gasteiger partial charge < -0.3 is 39.3 Å². The van der Waals surface area contributed by atoms with E-state index in [9.17, 15) is 14.4 Å². The van der Waals surface area contributed by atoms with Crippen molar-refractivity contribution in [3.8, 4) is 22.4 Å². The van der Waals surface area contributed by atoms with Crippen molar-refractivity contribution in [1.82, 2.24) is 35.1 Å². The first-order valence-electron chi connectivity index (χ1n) is 24.7. The quantitative estimate of drug-likeness (QED) is 0.132. The number of hydrogen-bond donors (Lipinski definition) is 3. The van der Waals surface area contributed by atoms with Crippen LogP contribution >= 0.6 is 0 Å². The highest BCUT2D eigenvalue weighted by molar-refractivity contribution is 6.05. The second-order valence-corrected chi connectivity index (χ2v) is 20.9. The summed E-state index contributed by atoms with van der Waals surface area (Å²) in [5, 5.41) is 5.00. The molecule has 3 N–H and O–H groups in total. The van der Waals surface area contributed by atoms with Crippen LogP contribution in [0.2, 0.25) is 0 Å². The number of alkyl carbamates (subject to hydrolysis) is 1. The highest BCUT2D eigenvalue weighted by atomic mass is 16.5. The molecule has 3 amide bonds. The van der Waals surface area contributed by atoms with Crippen molar-refractivity contribution in [2.75, 3.05) is 26.9 Å². The molecule has 4 saturated heterocycles. The second kappa shape index (κ2) is 18.1. The molecular weight excluding hydrogens is 831 g/mol. The normalized spacial score (nSPS) is 28.8. The average molecular weight is 898 g/mol. The van der Waals surface area contributed by atoms with E-state index in [1.54, 1.807) is 0 Å². The SMILES string of the molecule is COC(=O)N[C@H](C(=O)N1[C@H](c2nc3ccc4cc(-c5ccc(-c6cnc([C@@H]7C[C@@]8(CCCOC8)CN7C(=O)[C@@H](C)C7C[C@H](C)O[C@@H](C)C7)[nH]6)cc5)ccc4c3[nH]2)C[C@@H]2CCCC[C@@H]21)C(C)C. The van der Waals surface area contributed by atoms with Crippen LogP contribution in [0.25, 0.3) is 44.2 Å². The summed E-state index contributed by atoms with van der Waals surface area (Å²) in [6.07, 6.45) is 11.5. The summed E-state index contributed by atoms with van der Waals surface area (Å²) in [6, 6.07) is 18.4. The topological polar surface area (TPSA) is 155 Å². The molecule has 0 bridgehead atoms. The van der Waals surface area contributed by atoms with Crippen LogP contribution in [-0.4, -0.2) is 98.8 Å². The lowest BCUT2D eigenvalue weighted by Crippen LogP contribution is -2.53. The number of H-pyrrole nitrogens is 2. The van der Waals surface area contributed by atoms with E-state index in [-0.39, 0.29) is 59.4 Å². The molecule has 5 aromatic rings. The molecule has 0 radical (unpaired) electrons. The molecule has 10 rings (SSSR count). The van der Waals surface area contributed by atoms with Crippen molar-refractivity contribution >= 4 is 39.7 Å². The van der Waals surface area contributed by atoms with Crippen molar-refractivity contribution in [3.05, 3.63) is 72.4 Å². The van der Waals surface area contributed by atoms with E-state index in [1.165, 1.54) is 13.5 Å². The maximum absolute atomic E-state index is 14.4. The number of aromatic amines is 2. The molecule has 1 spiro atoms. The highest BCUT2D eigenvalue weighted by Crippen LogP contribution is 2.49. The van der Waals surface area contributed by atoms with Crippen LogP contribution in [-0.2, 0) is 23.8 Å². The number of carbonyl (C=O) groups is 3. The van der Waals surface area contributed by atoms with E-state index < -0.39 is 12.1 Å². The molecule has 2 aromatic heterocycles.